The summed E-state index contributed by atoms with van der Waals surface area (Å²) in [7, 11) is 0. The molecule has 2 heterocycles. The zero-order chi connectivity index (χ0) is 20.3. The number of amides is 2. The molecule has 1 aliphatic rings. The highest BCUT2D eigenvalue weighted by atomic mass is 16.5. The van der Waals surface area contributed by atoms with Gasteiger partial charge in [0, 0.05) is 18.3 Å². The molecule has 3 rings (SSSR count). The zero-order valence-electron chi connectivity index (χ0n) is 16.9. The van der Waals surface area contributed by atoms with Gasteiger partial charge in [-0.1, -0.05) is 0 Å². The average molecular weight is 384 g/mol. The summed E-state index contributed by atoms with van der Waals surface area (Å²) in [5, 5.41) is 5.74. The molecule has 1 aliphatic heterocycles. The first kappa shape index (κ1) is 19.9. The highest BCUT2D eigenvalue weighted by molar-refractivity contribution is 6.03. The Hall–Kier alpha value is -2.83. The van der Waals surface area contributed by atoms with Crippen LogP contribution in [0.1, 0.15) is 67.3 Å². The number of ether oxygens (including phenoxy) is 1. The maximum absolute atomic E-state index is 12.8. The number of nitrogens with zero attached hydrogens (tertiary/aromatic N) is 2. The van der Waals surface area contributed by atoms with Crippen LogP contribution >= 0.6 is 0 Å². The van der Waals surface area contributed by atoms with Crippen molar-refractivity contribution >= 4 is 17.5 Å². The lowest BCUT2D eigenvalue weighted by Crippen LogP contribution is -2.31. The highest BCUT2D eigenvalue weighted by Crippen LogP contribution is 2.23. The number of aromatic nitrogens is 2. The summed E-state index contributed by atoms with van der Waals surface area (Å²) in [5.41, 5.74) is 1.86. The number of hydrogen-bond donors (Lipinski definition) is 2. The van der Waals surface area contributed by atoms with Crippen LogP contribution in [0.2, 0.25) is 0 Å². The lowest BCUT2D eigenvalue weighted by Gasteiger charge is -2.17. The van der Waals surface area contributed by atoms with Crippen molar-refractivity contribution in [3.05, 3.63) is 41.5 Å². The summed E-state index contributed by atoms with van der Waals surface area (Å²) in [4.78, 5) is 29.8. The minimum atomic E-state index is -0.315. The Bertz CT molecular complexity index is 853. The van der Waals surface area contributed by atoms with Gasteiger partial charge in [-0.2, -0.15) is 0 Å². The van der Waals surface area contributed by atoms with Gasteiger partial charge in [-0.25, -0.2) is 4.98 Å². The van der Waals surface area contributed by atoms with Crippen molar-refractivity contribution in [1.82, 2.24) is 14.9 Å². The Balaban J connectivity index is 1.81. The van der Waals surface area contributed by atoms with Crippen molar-refractivity contribution in [2.75, 3.05) is 5.32 Å². The molecule has 2 aromatic rings. The van der Waals surface area contributed by atoms with Crippen LogP contribution in [0, 0.1) is 0 Å². The van der Waals surface area contributed by atoms with Gasteiger partial charge >= 0.3 is 0 Å². The van der Waals surface area contributed by atoms with Gasteiger partial charge in [0.1, 0.15) is 11.4 Å². The monoisotopic (exact) mass is 384 g/mol. The summed E-state index contributed by atoms with van der Waals surface area (Å²) in [6.45, 7) is 8.43. The summed E-state index contributed by atoms with van der Waals surface area (Å²) >= 11 is 0. The molecule has 7 nitrogen and oxygen atoms in total. The lowest BCUT2D eigenvalue weighted by atomic mass is 10.1. The van der Waals surface area contributed by atoms with Crippen LogP contribution in [-0.4, -0.2) is 33.5 Å². The van der Waals surface area contributed by atoms with Gasteiger partial charge in [-0.15, -0.1) is 0 Å². The molecule has 7 heteroatoms. The van der Waals surface area contributed by atoms with Crippen molar-refractivity contribution < 1.29 is 14.3 Å². The van der Waals surface area contributed by atoms with Crippen LogP contribution in [0.15, 0.2) is 24.3 Å². The number of fused-ring (bicyclic) bond motifs is 1. The molecule has 0 bridgehead atoms. The van der Waals surface area contributed by atoms with Crippen LogP contribution in [0.4, 0.5) is 5.69 Å². The SMILES string of the molecule is CC(C)NC(=O)c1nc(C(=O)Nc2ccc(OC(C)C)cc2)n2c1CCCC2. The first-order chi connectivity index (χ1) is 13.3. The van der Waals surface area contributed by atoms with E-state index in [1.807, 2.05) is 44.4 Å². The highest BCUT2D eigenvalue weighted by Gasteiger charge is 2.27. The standard InChI is InChI=1S/C21H28N4O3/c1-13(2)22-20(26)18-17-7-5-6-12-25(17)19(24-18)21(27)23-15-8-10-16(11-9-15)28-14(3)4/h8-11,13-14H,5-7,12H2,1-4H3,(H,22,26)(H,23,27). The molecule has 2 amide bonds. The van der Waals surface area contributed by atoms with Crippen molar-refractivity contribution in [2.45, 2.75) is 65.6 Å². The van der Waals surface area contributed by atoms with E-state index in [2.05, 4.69) is 15.6 Å². The van der Waals surface area contributed by atoms with Gasteiger partial charge in [-0.3, -0.25) is 9.59 Å². The second kappa shape index (κ2) is 8.46. The largest absolute Gasteiger partial charge is 0.491 e. The molecule has 28 heavy (non-hydrogen) atoms. The second-order valence-electron chi connectivity index (χ2n) is 7.61. The van der Waals surface area contributed by atoms with Crippen molar-refractivity contribution in [2.24, 2.45) is 0 Å². The summed E-state index contributed by atoms with van der Waals surface area (Å²) < 4.78 is 7.50. The maximum Gasteiger partial charge on any atom is 0.291 e. The Morgan fingerprint density at radius 3 is 2.43 bits per heavy atom. The zero-order valence-corrected chi connectivity index (χ0v) is 16.9. The third kappa shape index (κ3) is 4.52. The van der Waals surface area contributed by atoms with E-state index in [0.29, 0.717) is 17.9 Å². The molecule has 0 radical (unpaired) electrons. The van der Waals surface area contributed by atoms with Gasteiger partial charge in [0.15, 0.2) is 5.82 Å². The molecule has 0 saturated heterocycles. The van der Waals surface area contributed by atoms with Crippen molar-refractivity contribution in [1.29, 1.82) is 0 Å². The molecule has 0 fully saturated rings. The normalized spacial score (nSPS) is 13.4. The Kier molecular flexibility index (Phi) is 6.02. The number of hydrogen-bond acceptors (Lipinski definition) is 4. The van der Waals surface area contributed by atoms with Gasteiger partial charge in [0.2, 0.25) is 0 Å². The van der Waals surface area contributed by atoms with E-state index in [9.17, 15) is 9.59 Å². The Labute approximate surface area is 165 Å². The van der Waals surface area contributed by atoms with Crippen LogP contribution in [0.3, 0.4) is 0 Å². The summed E-state index contributed by atoms with van der Waals surface area (Å²) in [5.74, 6) is 0.490. The number of carbonyl (C=O) groups excluding carboxylic acids is 2. The van der Waals surface area contributed by atoms with E-state index >= 15 is 0 Å². The van der Waals surface area contributed by atoms with Crippen LogP contribution in [0.25, 0.3) is 0 Å². The average Bonchev–Trinajstić information content (AvgIpc) is 3.02. The van der Waals surface area contributed by atoms with Crippen LogP contribution in [0.5, 0.6) is 5.75 Å². The Morgan fingerprint density at radius 1 is 1.07 bits per heavy atom. The summed E-state index contributed by atoms with van der Waals surface area (Å²) in [6.07, 6.45) is 2.80. The number of benzene rings is 1. The smallest absolute Gasteiger partial charge is 0.291 e. The quantitative estimate of drug-likeness (QED) is 0.799. The number of anilines is 1. The predicted molar refractivity (Wildman–Crippen MR) is 108 cm³/mol. The van der Waals surface area contributed by atoms with Crippen molar-refractivity contribution in [3.8, 4) is 5.75 Å². The number of carbonyl (C=O) groups is 2. The molecule has 2 N–H and O–H groups in total. The molecule has 0 atom stereocenters. The van der Waals surface area contributed by atoms with Crippen LogP contribution in [-0.2, 0) is 13.0 Å². The van der Waals surface area contributed by atoms with Crippen molar-refractivity contribution in [3.63, 3.8) is 0 Å². The van der Waals surface area contributed by atoms with E-state index in [1.165, 1.54) is 0 Å². The third-order valence-electron chi connectivity index (χ3n) is 4.44. The minimum Gasteiger partial charge on any atom is -0.491 e. The van der Waals surface area contributed by atoms with Gasteiger partial charge in [0.25, 0.3) is 11.8 Å². The van der Waals surface area contributed by atoms with E-state index in [0.717, 1.165) is 30.7 Å². The molecule has 150 valence electrons. The molecular formula is C21H28N4O3. The summed E-state index contributed by atoms with van der Waals surface area (Å²) in [6, 6.07) is 7.23. The maximum atomic E-state index is 12.8. The molecule has 1 aromatic heterocycles. The fourth-order valence-electron chi connectivity index (χ4n) is 3.30. The first-order valence-electron chi connectivity index (χ1n) is 9.83. The predicted octanol–water partition coefficient (Wildman–Crippen LogP) is 3.40. The molecule has 1 aromatic carbocycles. The van der Waals surface area contributed by atoms with E-state index < -0.39 is 0 Å². The minimum absolute atomic E-state index is 0.0114. The second-order valence-corrected chi connectivity index (χ2v) is 7.61. The van der Waals surface area contributed by atoms with Gasteiger partial charge in [-0.05, 0) is 71.2 Å². The molecular weight excluding hydrogens is 356 g/mol. The number of rotatable bonds is 6. The Morgan fingerprint density at radius 2 is 1.79 bits per heavy atom. The fraction of sp³-hybridized carbons (Fsp3) is 0.476. The molecule has 0 unspecified atom stereocenters. The number of imidazole rings is 1. The topological polar surface area (TPSA) is 85.2 Å². The van der Waals surface area contributed by atoms with E-state index in [4.69, 9.17) is 4.74 Å². The molecule has 0 spiro atoms. The lowest BCUT2D eigenvalue weighted by molar-refractivity contribution is 0.0937. The van der Waals surface area contributed by atoms with E-state index in [-0.39, 0.29) is 29.8 Å². The van der Waals surface area contributed by atoms with Gasteiger partial charge < -0.3 is 19.9 Å². The fourth-order valence-corrected chi connectivity index (χ4v) is 3.30. The number of nitrogens with one attached hydrogen (secondary N) is 2. The van der Waals surface area contributed by atoms with Gasteiger partial charge in [0.05, 0.1) is 11.8 Å². The first-order valence-corrected chi connectivity index (χ1v) is 9.83. The van der Waals surface area contributed by atoms with Crippen LogP contribution < -0.4 is 15.4 Å². The third-order valence-corrected chi connectivity index (χ3v) is 4.44. The van der Waals surface area contributed by atoms with E-state index in [1.54, 1.807) is 12.1 Å². The molecule has 0 aliphatic carbocycles. The molecule has 0 saturated carbocycles.